The zero-order valence-corrected chi connectivity index (χ0v) is 15.5. The van der Waals surface area contributed by atoms with Gasteiger partial charge in [0.25, 0.3) is 0 Å². The highest BCUT2D eigenvalue weighted by Gasteiger charge is 2.26. The number of aryl methyl sites for hydroxylation is 1. The monoisotopic (exact) mass is 366 g/mol. The van der Waals surface area contributed by atoms with Crippen LogP contribution in [0.2, 0.25) is 0 Å². The van der Waals surface area contributed by atoms with Gasteiger partial charge in [-0.2, -0.15) is 9.36 Å². The van der Waals surface area contributed by atoms with Crippen molar-refractivity contribution in [2.24, 2.45) is 7.05 Å². The van der Waals surface area contributed by atoms with Crippen LogP contribution in [0.1, 0.15) is 36.8 Å². The zero-order chi connectivity index (χ0) is 18.8. The number of para-hydroxylation sites is 1. The normalized spacial score (nSPS) is 13.6. The molecule has 7 nitrogen and oxygen atoms in total. The van der Waals surface area contributed by atoms with Gasteiger partial charge in [0.2, 0.25) is 0 Å². The fraction of sp³-hybridized carbons (Fsp3) is 0.350. The van der Waals surface area contributed by atoms with E-state index in [4.69, 9.17) is 9.47 Å². The largest absolute Gasteiger partial charge is 0.493 e. The molecule has 0 N–H and O–H groups in total. The van der Waals surface area contributed by atoms with Gasteiger partial charge in [0, 0.05) is 7.05 Å². The number of ether oxygens (including phenoxy) is 2. The summed E-state index contributed by atoms with van der Waals surface area (Å²) in [6.45, 7) is 2.72. The van der Waals surface area contributed by atoms with Crippen molar-refractivity contribution in [2.75, 3.05) is 6.61 Å². The quantitative estimate of drug-likeness (QED) is 0.643. The van der Waals surface area contributed by atoms with Crippen LogP contribution in [0.4, 0.5) is 0 Å². The summed E-state index contributed by atoms with van der Waals surface area (Å²) in [5.74, 6) is 2.14. The van der Waals surface area contributed by atoms with Gasteiger partial charge in [-0.15, -0.1) is 0 Å². The van der Waals surface area contributed by atoms with Crippen LogP contribution in [0.25, 0.3) is 5.69 Å². The van der Waals surface area contributed by atoms with E-state index in [-0.39, 0.29) is 12.3 Å². The first-order chi connectivity index (χ1) is 13.2. The Labute approximate surface area is 157 Å². The lowest BCUT2D eigenvalue weighted by Gasteiger charge is -2.16. The van der Waals surface area contributed by atoms with E-state index in [1.807, 2.05) is 43.3 Å². The van der Waals surface area contributed by atoms with E-state index in [9.17, 15) is 4.79 Å². The molecule has 7 heteroatoms. The first kappa shape index (κ1) is 17.3. The fourth-order valence-electron chi connectivity index (χ4n) is 3.15. The molecule has 1 heterocycles. The van der Waals surface area contributed by atoms with Crippen LogP contribution in [0.3, 0.4) is 0 Å². The molecule has 0 aliphatic heterocycles. The molecular formula is C20H22N4O3. The minimum Gasteiger partial charge on any atom is -0.493 e. The second kappa shape index (κ2) is 7.26. The Morgan fingerprint density at radius 3 is 2.52 bits per heavy atom. The van der Waals surface area contributed by atoms with E-state index < -0.39 is 0 Å². The Morgan fingerprint density at radius 1 is 1.04 bits per heavy atom. The lowest BCUT2D eigenvalue weighted by molar-refractivity contribution is 0.283. The SMILES string of the molecule is CCOc1cccc(-n2nnn(C)c2=O)c1COc1ccccc1C1CC1. The summed E-state index contributed by atoms with van der Waals surface area (Å²) in [7, 11) is 1.57. The van der Waals surface area contributed by atoms with Crippen molar-refractivity contribution in [3.05, 3.63) is 64.1 Å². The van der Waals surface area contributed by atoms with Gasteiger partial charge < -0.3 is 9.47 Å². The molecule has 2 aromatic carbocycles. The van der Waals surface area contributed by atoms with E-state index in [1.54, 1.807) is 7.05 Å². The summed E-state index contributed by atoms with van der Waals surface area (Å²) in [5.41, 5.74) is 2.31. The lowest BCUT2D eigenvalue weighted by atomic mass is 10.1. The molecule has 1 saturated carbocycles. The van der Waals surface area contributed by atoms with Crippen LogP contribution < -0.4 is 15.2 Å². The highest BCUT2D eigenvalue weighted by atomic mass is 16.5. The van der Waals surface area contributed by atoms with E-state index >= 15 is 0 Å². The predicted octanol–water partition coefficient (Wildman–Crippen LogP) is 2.82. The molecule has 0 bridgehead atoms. The summed E-state index contributed by atoms with van der Waals surface area (Å²) >= 11 is 0. The third-order valence-electron chi connectivity index (χ3n) is 4.67. The predicted molar refractivity (Wildman–Crippen MR) is 101 cm³/mol. The van der Waals surface area contributed by atoms with Gasteiger partial charge in [0.05, 0.1) is 17.9 Å². The summed E-state index contributed by atoms with van der Waals surface area (Å²) in [4.78, 5) is 12.3. The van der Waals surface area contributed by atoms with Crippen LogP contribution in [0.5, 0.6) is 11.5 Å². The minimum atomic E-state index is -0.316. The van der Waals surface area contributed by atoms with Gasteiger partial charge >= 0.3 is 5.69 Å². The lowest BCUT2D eigenvalue weighted by Crippen LogP contribution is -2.23. The topological polar surface area (TPSA) is 71.2 Å². The van der Waals surface area contributed by atoms with Crippen molar-refractivity contribution in [3.8, 4) is 17.2 Å². The Hall–Kier alpha value is -3.09. The minimum absolute atomic E-state index is 0.276. The molecular weight excluding hydrogens is 344 g/mol. The van der Waals surface area contributed by atoms with Crippen molar-refractivity contribution in [1.82, 2.24) is 19.8 Å². The maximum absolute atomic E-state index is 12.3. The van der Waals surface area contributed by atoms with E-state index in [0.29, 0.717) is 24.0 Å². The van der Waals surface area contributed by atoms with Gasteiger partial charge in [-0.1, -0.05) is 24.3 Å². The van der Waals surface area contributed by atoms with Crippen molar-refractivity contribution < 1.29 is 9.47 Å². The van der Waals surface area contributed by atoms with Gasteiger partial charge in [-0.3, -0.25) is 0 Å². The second-order valence-electron chi connectivity index (χ2n) is 6.58. The van der Waals surface area contributed by atoms with Crippen LogP contribution in [0.15, 0.2) is 47.3 Å². The molecule has 3 aromatic rings. The van der Waals surface area contributed by atoms with Crippen LogP contribution in [-0.4, -0.2) is 26.4 Å². The molecule has 27 heavy (non-hydrogen) atoms. The number of aromatic nitrogens is 4. The zero-order valence-electron chi connectivity index (χ0n) is 15.5. The second-order valence-corrected chi connectivity index (χ2v) is 6.58. The molecule has 4 rings (SSSR count). The highest BCUT2D eigenvalue weighted by molar-refractivity contribution is 5.49. The summed E-state index contributed by atoms with van der Waals surface area (Å²) in [6, 6.07) is 13.7. The Kier molecular flexibility index (Phi) is 4.66. The molecule has 0 atom stereocenters. The molecule has 0 radical (unpaired) electrons. The molecule has 0 unspecified atom stereocenters. The van der Waals surface area contributed by atoms with Gasteiger partial charge in [-0.05, 0) is 59.9 Å². The number of benzene rings is 2. The van der Waals surface area contributed by atoms with Crippen LogP contribution in [-0.2, 0) is 13.7 Å². The fourth-order valence-corrected chi connectivity index (χ4v) is 3.15. The van der Waals surface area contributed by atoms with Gasteiger partial charge in [-0.25, -0.2) is 4.79 Å². The Balaban J connectivity index is 1.70. The maximum Gasteiger partial charge on any atom is 0.368 e. The number of hydrogen-bond donors (Lipinski definition) is 0. The molecule has 1 aromatic heterocycles. The molecule has 0 amide bonds. The number of hydrogen-bond acceptors (Lipinski definition) is 5. The third-order valence-corrected chi connectivity index (χ3v) is 4.67. The summed E-state index contributed by atoms with van der Waals surface area (Å²) < 4.78 is 14.4. The smallest absolute Gasteiger partial charge is 0.368 e. The van der Waals surface area contributed by atoms with E-state index in [2.05, 4.69) is 16.5 Å². The molecule has 0 saturated heterocycles. The Morgan fingerprint density at radius 2 is 1.81 bits per heavy atom. The van der Waals surface area contributed by atoms with Crippen molar-refractivity contribution >= 4 is 0 Å². The summed E-state index contributed by atoms with van der Waals surface area (Å²) in [6.07, 6.45) is 2.41. The van der Waals surface area contributed by atoms with E-state index in [1.165, 1.54) is 27.8 Å². The molecule has 1 fully saturated rings. The van der Waals surface area contributed by atoms with Crippen molar-refractivity contribution in [2.45, 2.75) is 32.3 Å². The summed E-state index contributed by atoms with van der Waals surface area (Å²) in [5, 5.41) is 7.77. The van der Waals surface area contributed by atoms with Crippen molar-refractivity contribution in [1.29, 1.82) is 0 Å². The first-order valence-electron chi connectivity index (χ1n) is 9.14. The third kappa shape index (κ3) is 3.45. The standard InChI is InChI=1S/C20H22N4O3/c1-3-26-19-10-6-8-17(24-20(25)23(2)21-22-24)16(19)13-27-18-9-5-4-7-15(18)14-11-12-14/h4-10,14H,3,11-13H2,1-2H3. The number of nitrogens with zero attached hydrogens (tertiary/aromatic N) is 4. The van der Waals surface area contributed by atoms with Crippen LogP contribution >= 0.6 is 0 Å². The molecule has 140 valence electrons. The average molecular weight is 366 g/mol. The number of rotatable bonds is 7. The molecule has 0 spiro atoms. The van der Waals surface area contributed by atoms with Crippen LogP contribution in [0, 0.1) is 0 Å². The first-order valence-corrected chi connectivity index (χ1v) is 9.14. The molecule has 1 aliphatic rings. The van der Waals surface area contributed by atoms with Crippen molar-refractivity contribution in [3.63, 3.8) is 0 Å². The van der Waals surface area contributed by atoms with E-state index in [0.717, 1.165) is 11.3 Å². The average Bonchev–Trinajstić information content (AvgIpc) is 3.47. The van der Waals surface area contributed by atoms with Gasteiger partial charge in [0.1, 0.15) is 18.1 Å². The highest BCUT2D eigenvalue weighted by Crippen LogP contribution is 2.44. The molecule has 1 aliphatic carbocycles. The number of tetrazole rings is 1. The maximum atomic E-state index is 12.3. The van der Waals surface area contributed by atoms with Gasteiger partial charge in [0.15, 0.2) is 0 Å². The Bertz CT molecular complexity index is 1000.